The van der Waals surface area contributed by atoms with Gasteiger partial charge in [0, 0.05) is 12.2 Å². The van der Waals surface area contributed by atoms with E-state index in [1.54, 1.807) is 0 Å². The van der Waals surface area contributed by atoms with Gasteiger partial charge in [0.2, 0.25) is 0 Å². The minimum Gasteiger partial charge on any atom is -0.480 e. The summed E-state index contributed by atoms with van der Waals surface area (Å²) < 4.78 is 15.5. The summed E-state index contributed by atoms with van der Waals surface area (Å²) in [6.45, 7) is 9.15. The molecular formula is C29H46O8. The lowest BCUT2D eigenvalue weighted by atomic mass is 9.76. The van der Waals surface area contributed by atoms with E-state index in [9.17, 15) is 24.3 Å². The Morgan fingerprint density at radius 3 is 1.70 bits per heavy atom. The third kappa shape index (κ3) is 12.4. The molecule has 0 spiro atoms. The normalized spacial score (nSPS) is 18.3. The van der Waals surface area contributed by atoms with Gasteiger partial charge in [0.25, 0.3) is 0 Å². The van der Waals surface area contributed by atoms with Crippen molar-refractivity contribution >= 4 is 23.9 Å². The zero-order valence-electron chi connectivity index (χ0n) is 22.9. The van der Waals surface area contributed by atoms with E-state index < -0.39 is 29.3 Å². The molecule has 0 aromatic carbocycles. The van der Waals surface area contributed by atoms with Crippen LogP contribution in [0.5, 0.6) is 0 Å². The van der Waals surface area contributed by atoms with Crippen molar-refractivity contribution in [3.8, 4) is 0 Å². The van der Waals surface area contributed by atoms with Crippen LogP contribution in [0.1, 0.15) is 104 Å². The number of carboxylic acids is 1. The van der Waals surface area contributed by atoms with Crippen LogP contribution in [0.15, 0.2) is 24.8 Å². The smallest absolute Gasteiger partial charge is 0.331 e. The lowest BCUT2D eigenvalue weighted by Gasteiger charge is -2.28. The number of aliphatic carboxylic acids is 1. The van der Waals surface area contributed by atoms with E-state index >= 15 is 0 Å². The van der Waals surface area contributed by atoms with Gasteiger partial charge in [-0.15, -0.1) is 0 Å². The minimum absolute atomic E-state index is 0.0234. The van der Waals surface area contributed by atoms with Crippen LogP contribution in [0.25, 0.3) is 0 Å². The second-order valence-corrected chi connectivity index (χ2v) is 10.3. The van der Waals surface area contributed by atoms with Gasteiger partial charge in [-0.1, -0.05) is 52.7 Å². The molecule has 210 valence electrons. The lowest BCUT2D eigenvalue weighted by Crippen LogP contribution is -2.42. The van der Waals surface area contributed by atoms with Gasteiger partial charge >= 0.3 is 23.9 Å². The topological polar surface area (TPSA) is 116 Å². The summed E-state index contributed by atoms with van der Waals surface area (Å²) in [5.41, 5.74) is -1.41. The summed E-state index contributed by atoms with van der Waals surface area (Å²) in [6.07, 6.45) is 15.8. The third-order valence-corrected chi connectivity index (χ3v) is 6.59. The predicted octanol–water partition coefficient (Wildman–Crippen LogP) is 5.93. The first kappa shape index (κ1) is 32.4. The van der Waals surface area contributed by atoms with Crippen LogP contribution in [0, 0.1) is 11.3 Å². The van der Waals surface area contributed by atoms with Gasteiger partial charge in [0.05, 0.1) is 0 Å². The van der Waals surface area contributed by atoms with Crippen LogP contribution in [-0.2, 0) is 33.4 Å². The molecule has 1 atom stereocenters. The number of hydrogen-bond donors (Lipinski definition) is 1. The van der Waals surface area contributed by atoms with Crippen molar-refractivity contribution in [2.75, 3.05) is 6.61 Å². The van der Waals surface area contributed by atoms with Gasteiger partial charge in [0.1, 0.15) is 18.8 Å². The maximum Gasteiger partial charge on any atom is 0.331 e. The number of carboxylic acid groups (broad SMARTS) is 1. The van der Waals surface area contributed by atoms with E-state index in [2.05, 4.69) is 6.58 Å². The van der Waals surface area contributed by atoms with E-state index in [0.717, 1.165) is 51.4 Å². The molecule has 0 saturated heterocycles. The molecule has 8 heteroatoms. The highest BCUT2D eigenvalue weighted by atomic mass is 16.6. The van der Waals surface area contributed by atoms with Gasteiger partial charge in [-0.2, -0.15) is 0 Å². The molecule has 8 nitrogen and oxygen atoms in total. The van der Waals surface area contributed by atoms with Crippen molar-refractivity contribution in [2.24, 2.45) is 11.3 Å². The first-order valence-corrected chi connectivity index (χ1v) is 13.7. The standard InChI is InChI=1S/C16H24O4.C13H22O4/c17-15(19-13-7-3-1-4-8-13)11-12-16(18)20-14-9-5-2-6-10-14;1-5-7-13(11(14)15,9-10(3)4)12(16)17-8-6-2/h11-14H,1-10H2;6,10H,2,5,7-9H2,1,3-4H3,(H,14,15)/b12-11-;. The number of esters is 3. The van der Waals surface area contributed by atoms with Crippen LogP contribution in [-0.4, -0.2) is 47.8 Å². The fraction of sp³-hybridized carbons (Fsp3) is 0.724. The summed E-state index contributed by atoms with van der Waals surface area (Å²) in [5.74, 6) is -2.49. The molecule has 0 aromatic rings. The molecule has 2 aliphatic rings. The molecular weight excluding hydrogens is 476 g/mol. The summed E-state index contributed by atoms with van der Waals surface area (Å²) in [4.78, 5) is 46.5. The summed E-state index contributed by atoms with van der Waals surface area (Å²) in [5, 5.41) is 9.35. The average Bonchev–Trinajstić information content (AvgIpc) is 2.87. The summed E-state index contributed by atoms with van der Waals surface area (Å²) >= 11 is 0. The molecule has 1 unspecified atom stereocenters. The Morgan fingerprint density at radius 2 is 1.35 bits per heavy atom. The van der Waals surface area contributed by atoms with E-state index in [1.807, 2.05) is 20.8 Å². The molecule has 2 fully saturated rings. The maximum absolute atomic E-state index is 11.9. The van der Waals surface area contributed by atoms with Crippen molar-refractivity contribution in [2.45, 2.75) is 116 Å². The molecule has 2 saturated carbocycles. The second-order valence-electron chi connectivity index (χ2n) is 10.3. The zero-order valence-corrected chi connectivity index (χ0v) is 22.9. The molecule has 0 aliphatic heterocycles. The van der Waals surface area contributed by atoms with E-state index in [-0.39, 0.29) is 24.7 Å². The van der Waals surface area contributed by atoms with Gasteiger partial charge in [0.15, 0.2) is 5.41 Å². The zero-order chi connectivity index (χ0) is 27.7. The number of hydrogen-bond acceptors (Lipinski definition) is 7. The van der Waals surface area contributed by atoms with Crippen molar-refractivity contribution in [1.29, 1.82) is 0 Å². The molecule has 1 N–H and O–H groups in total. The van der Waals surface area contributed by atoms with Gasteiger partial charge in [-0.05, 0) is 70.1 Å². The first-order chi connectivity index (χ1) is 17.6. The Bertz CT molecular complexity index is 726. The fourth-order valence-corrected chi connectivity index (χ4v) is 4.87. The monoisotopic (exact) mass is 522 g/mol. The Hall–Kier alpha value is -2.64. The quantitative estimate of drug-likeness (QED) is 0.110. The molecule has 0 aromatic heterocycles. The largest absolute Gasteiger partial charge is 0.480 e. The Labute approximate surface area is 221 Å². The van der Waals surface area contributed by atoms with Crippen molar-refractivity contribution in [3.05, 3.63) is 24.8 Å². The fourth-order valence-electron chi connectivity index (χ4n) is 4.87. The van der Waals surface area contributed by atoms with Crippen molar-refractivity contribution < 1.29 is 38.5 Å². The number of carbonyl (C=O) groups excluding carboxylic acids is 3. The predicted molar refractivity (Wildman–Crippen MR) is 141 cm³/mol. The highest BCUT2D eigenvalue weighted by Crippen LogP contribution is 2.34. The van der Waals surface area contributed by atoms with Gasteiger partial charge in [-0.25, -0.2) is 9.59 Å². The first-order valence-electron chi connectivity index (χ1n) is 13.7. The molecule has 0 amide bonds. The van der Waals surface area contributed by atoms with E-state index in [1.165, 1.54) is 31.1 Å². The van der Waals surface area contributed by atoms with E-state index in [0.29, 0.717) is 19.3 Å². The Morgan fingerprint density at radius 1 is 0.892 bits per heavy atom. The van der Waals surface area contributed by atoms with Gasteiger partial charge in [-0.3, -0.25) is 9.59 Å². The lowest BCUT2D eigenvalue weighted by molar-refractivity contribution is -0.170. The van der Waals surface area contributed by atoms with Crippen LogP contribution >= 0.6 is 0 Å². The van der Waals surface area contributed by atoms with Crippen LogP contribution in [0.4, 0.5) is 0 Å². The maximum atomic E-state index is 11.9. The molecule has 0 bridgehead atoms. The minimum atomic E-state index is -1.41. The number of carbonyl (C=O) groups is 4. The van der Waals surface area contributed by atoms with E-state index in [4.69, 9.17) is 14.2 Å². The highest BCUT2D eigenvalue weighted by Gasteiger charge is 2.47. The third-order valence-electron chi connectivity index (χ3n) is 6.59. The van der Waals surface area contributed by atoms with Crippen molar-refractivity contribution in [1.82, 2.24) is 0 Å². The molecule has 0 heterocycles. The highest BCUT2D eigenvalue weighted by molar-refractivity contribution is 5.99. The van der Waals surface area contributed by atoms with Crippen LogP contribution < -0.4 is 0 Å². The molecule has 2 aliphatic carbocycles. The van der Waals surface area contributed by atoms with Crippen LogP contribution in [0.3, 0.4) is 0 Å². The van der Waals surface area contributed by atoms with Crippen LogP contribution in [0.2, 0.25) is 0 Å². The molecule has 2 rings (SSSR count). The summed E-state index contributed by atoms with van der Waals surface area (Å²) in [7, 11) is 0. The SMILES string of the molecule is C=CCOC(=O)C(CCC)(CC(C)C)C(=O)O.O=C(/C=C\C(=O)OC1CCCCC1)OC1CCCCC1. The number of ether oxygens (including phenoxy) is 3. The average molecular weight is 523 g/mol. The Kier molecular flexibility index (Phi) is 15.5. The van der Waals surface area contributed by atoms with Crippen molar-refractivity contribution in [3.63, 3.8) is 0 Å². The second kappa shape index (κ2) is 17.8. The summed E-state index contributed by atoms with van der Waals surface area (Å²) in [6, 6.07) is 0. The molecule has 37 heavy (non-hydrogen) atoms. The van der Waals surface area contributed by atoms with Gasteiger partial charge < -0.3 is 19.3 Å². The molecule has 0 radical (unpaired) electrons. The number of rotatable bonds is 12. The Balaban J connectivity index is 0.000000377.